The third-order valence-electron chi connectivity index (χ3n) is 2.26. The first-order chi connectivity index (χ1) is 7.81. The predicted molar refractivity (Wildman–Crippen MR) is 62.6 cm³/mol. The molecule has 1 aromatic heterocycles. The zero-order valence-electron chi connectivity index (χ0n) is 9.05. The SMILES string of the molecule is COCc1ccc(-c2nccnc2N)cc1. The highest BCUT2D eigenvalue weighted by Gasteiger charge is 2.03. The van der Waals surface area contributed by atoms with E-state index >= 15 is 0 Å². The normalized spacial score (nSPS) is 10.3. The van der Waals surface area contributed by atoms with Gasteiger partial charge in [0.05, 0.1) is 6.61 Å². The molecule has 0 radical (unpaired) electrons. The number of nitrogen functional groups attached to an aromatic ring is 1. The van der Waals surface area contributed by atoms with E-state index in [-0.39, 0.29) is 0 Å². The number of ether oxygens (including phenoxy) is 1. The third kappa shape index (κ3) is 2.17. The Morgan fingerprint density at radius 3 is 2.44 bits per heavy atom. The average molecular weight is 215 g/mol. The van der Waals surface area contributed by atoms with E-state index in [2.05, 4.69) is 9.97 Å². The number of methoxy groups -OCH3 is 1. The van der Waals surface area contributed by atoms with Gasteiger partial charge in [0, 0.05) is 25.1 Å². The molecular weight excluding hydrogens is 202 g/mol. The van der Waals surface area contributed by atoms with Gasteiger partial charge in [-0.25, -0.2) is 4.98 Å². The fraction of sp³-hybridized carbons (Fsp3) is 0.167. The van der Waals surface area contributed by atoms with Crippen LogP contribution >= 0.6 is 0 Å². The summed E-state index contributed by atoms with van der Waals surface area (Å²) in [6.07, 6.45) is 3.22. The highest BCUT2D eigenvalue weighted by molar-refractivity contribution is 5.69. The van der Waals surface area contributed by atoms with E-state index in [4.69, 9.17) is 10.5 Å². The summed E-state index contributed by atoms with van der Waals surface area (Å²) in [5, 5.41) is 0. The van der Waals surface area contributed by atoms with Gasteiger partial charge < -0.3 is 10.5 Å². The summed E-state index contributed by atoms with van der Waals surface area (Å²) in [5.41, 5.74) is 8.55. The number of hydrogen-bond acceptors (Lipinski definition) is 4. The molecule has 0 saturated carbocycles. The Balaban J connectivity index is 2.31. The Morgan fingerprint density at radius 2 is 1.81 bits per heavy atom. The van der Waals surface area contributed by atoms with Crippen LogP contribution in [0.2, 0.25) is 0 Å². The van der Waals surface area contributed by atoms with E-state index in [0.29, 0.717) is 18.1 Å². The lowest BCUT2D eigenvalue weighted by atomic mass is 10.1. The minimum absolute atomic E-state index is 0.446. The van der Waals surface area contributed by atoms with Crippen molar-refractivity contribution in [3.63, 3.8) is 0 Å². The number of rotatable bonds is 3. The lowest BCUT2D eigenvalue weighted by molar-refractivity contribution is 0.185. The number of nitrogens with two attached hydrogens (primary N) is 1. The molecule has 0 amide bonds. The zero-order valence-corrected chi connectivity index (χ0v) is 9.05. The number of anilines is 1. The van der Waals surface area contributed by atoms with Crippen LogP contribution in [0.3, 0.4) is 0 Å². The smallest absolute Gasteiger partial charge is 0.149 e. The third-order valence-corrected chi connectivity index (χ3v) is 2.26. The van der Waals surface area contributed by atoms with Crippen LogP contribution in [0.4, 0.5) is 5.82 Å². The largest absolute Gasteiger partial charge is 0.382 e. The van der Waals surface area contributed by atoms with Gasteiger partial charge in [0.25, 0.3) is 0 Å². The van der Waals surface area contributed by atoms with Crippen LogP contribution in [-0.2, 0) is 11.3 Å². The molecule has 0 unspecified atom stereocenters. The van der Waals surface area contributed by atoms with Gasteiger partial charge in [-0.3, -0.25) is 4.98 Å². The first-order valence-corrected chi connectivity index (χ1v) is 4.96. The monoisotopic (exact) mass is 215 g/mol. The summed E-state index contributed by atoms with van der Waals surface area (Å²) in [7, 11) is 1.68. The predicted octanol–water partition coefficient (Wildman–Crippen LogP) is 1.87. The van der Waals surface area contributed by atoms with Crippen molar-refractivity contribution in [2.24, 2.45) is 0 Å². The molecule has 4 heteroatoms. The van der Waals surface area contributed by atoms with Crippen molar-refractivity contribution in [1.29, 1.82) is 0 Å². The molecule has 82 valence electrons. The second-order valence-corrected chi connectivity index (χ2v) is 3.42. The maximum absolute atomic E-state index is 5.75. The van der Waals surface area contributed by atoms with E-state index in [1.165, 1.54) is 0 Å². The van der Waals surface area contributed by atoms with Crippen molar-refractivity contribution >= 4 is 5.82 Å². The summed E-state index contributed by atoms with van der Waals surface area (Å²) in [5.74, 6) is 0.446. The summed E-state index contributed by atoms with van der Waals surface area (Å²) in [6, 6.07) is 7.92. The number of nitrogens with zero attached hydrogens (tertiary/aromatic N) is 2. The molecule has 0 aliphatic heterocycles. The molecule has 0 fully saturated rings. The molecule has 4 nitrogen and oxygen atoms in total. The van der Waals surface area contributed by atoms with E-state index in [1.54, 1.807) is 19.5 Å². The first-order valence-electron chi connectivity index (χ1n) is 4.96. The molecule has 0 saturated heterocycles. The maximum Gasteiger partial charge on any atom is 0.149 e. The molecule has 2 rings (SSSR count). The quantitative estimate of drug-likeness (QED) is 0.849. The summed E-state index contributed by atoms with van der Waals surface area (Å²) < 4.78 is 5.04. The van der Waals surface area contributed by atoms with Gasteiger partial charge in [0.2, 0.25) is 0 Å². The second-order valence-electron chi connectivity index (χ2n) is 3.42. The molecule has 2 aromatic rings. The Morgan fingerprint density at radius 1 is 1.12 bits per heavy atom. The topological polar surface area (TPSA) is 61.0 Å². The van der Waals surface area contributed by atoms with Crippen LogP contribution < -0.4 is 5.73 Å². The fourth-order valence-corrected chi connectivity index (χ4v) is 1.50. The van der Waals surface area contributed by atoms with Gasteiger partial charge >= 0.3 is 0 Å². The number of benzene rings is 1. The van der Waals surface area contributed by atoms with Crippen molar-refractivity contribution in [2.75, 3.05) is 12.8 Å². The highest BCUT2D eigenvalue weighted by Crippen LogP contribution is 2.21. The van der Waals surface area contributed by atoms with Gasteiger partial charge in [-0.05, 0) is 5.56 Å². The summed E-state index contributed by atoms with van der Waals surface area (Å²) in [4.78, 5) is 8.21. The Bertz CT molecular complexity index is 468. The number of hydrogen-bond donors (Lipinski definition) is 1. The highest BCUT2D eigenvalue weighted by atomic mass is 16.5. The molecule has 1 heterocycles. The Labute approximate surface area is 94.1 Å². The molecule has 16 heavy (non-hydrogen) atoms. The molecular formula is C12H13N3O. The minimum Gasteiger partial charge on any atom is -0.382 e. The van der Waals surface area contributed by atoms with Gasteiger partial charge in [-0.2, -0.15) is 0 Å². The molecule has 0 aliphatic carbocycles. The lowest BCUT2D eigenvalue weighted by Crippen LogP contribution is -1.96. The minimum atomic E-state index is 0.446. The van der Waals surface area contributed by atoms with Crippen molar-refractivity contribution in [2.45, 2.75) is 6.61 Å². The molecule has 0 aliphatic rings. The van der Waals surface area contributed by atoms with E-state index in [0.717, 1.165) is 11.1 Å². The van der Waals surface area contributed by atoms with Gasteiger partial charge in [-0.1, -0.05) is 24.3 Å². The average Bonchev–Trinajstić information content (AvgIpc) is 2.31. The van der Waals surface area contributed by atoms with Crippen molar-refractivity contribution in [3.8, 4) is 11.3 Å². The number of aromatic nitrogens is 2. The molecule has 2 N–H and O–H groups in total. The van der Waals surface area contributed by atoms with Gasteiger partial charge in [0.15, 0.2) is 0 Å². The van der Waals surface area contributed by atoms with E-state index < -0.39 is 0 Å². The second kappa shape index (κ2) is 4.72. The van der Waals surface area contributed by atoms with Crippen LogP contribution in [0.15, 0.2) is 36.7 Å². The molecule has 0 atom stereocenters. The van der Waals surface area contributed by atoms with Crippen LogP contribution in [0, 0.1) is 0 Å². The van der Waals surface area contributed by atoms with E-state index in [1.807, 2.05) is 24.3 Å². The van der Waals surface area contributed by atoms with Crippen LogP contribution in [0.25, 0.3) is 11.3 Å². The molecule has 0 bridgehead atoms. The maximum atomic E-state index is 5.75. The fourth-order valence-electron chi connectivity index (χ4n) is 1.50. The zero-order chi connectivity index (χ0) is 11.4. The van der Waals surface area contributed by atoms with Crippen molar-refractivity contribution in [1.82, 2.24) is 9.97 Å². The summed E-state index contributed by atoms with van der Waals surface area (Å²) in [6.45, 7) is 0.607. The standard InChI is InChI=1S/C12H13N3O/c1-16-8-9-2-4-10(5-3-9)11-12(13)15-7-6-14-11/h2-7H,8H2,1H3,(H2,13,15). The Hall–Kier alpha value is -1.94. The van der Waals surface area contributed by atoms with Crippen LogP contribution in [0.5, 0.6) is 0 Å². The van der Waals surface area contributed by atoms with Gasteiger partial charge in [0.1, 0.15) is 11.5 Å². The lowest BCUT2D eigenvalue weighted by Gasteiger charge is -2.04. The van der Waals surface area contributed by atoms with Crippen LogP contribution in [0.1, 0.15) is 5.56 Å². The first kappa shape index (κ1) is 10.6. The van der Waals surface area contributed by atoms with Crippen molar-refractivity contribution < 1.29 is 4.74 Å². The molecule has 1 aromatic carbocycles. The molecule has 0 spiro atoms. The summed E-state index contributed by atoms with van der Waals surface area (Å²) >= 11 is 0. The van der Waals surface area contributed by atoms with E-state index in [9.17, 15) is 0 Å². The Kier molecular flexibility index (Phi) is 3.12. The van der Waals surface area contributed by atoms with Crippen LogP contribution in [-0.4, -0.2) is 17.1 Å². The van der Waals surface area contributed by atoms with Crippen molar-refractivity contribution in [3.05, 3.63) is 42.2 Å². The van der Waals surface area contributed by atoms with Gasteiger partial charge in [-0.15, -0.1) is 0 Å².